The molecule has 0 amide bonds. The summed E-state index contributed by atoms with van der Waals surface area (Å²) < 4.78 is 0. The number of rotatable bonds is 7. The number of aliphatic hydroxyl groups excluding tert-OH is 1. The van der Waals surface area contributed by atoms with Crippen LogP contribution >= 0.6 is 11.3 Å². The number of fused-ring (bicyclic) bond motifs is 1. The summed E-state index contributed by atoms with van der Waals surface area (Å²) >= 11 is 1.72. The maximum absolute atomic E-state index is 9.72. The number of hydrogen-bond acceptors (Lipinski definition) is 4. The van der Waals surface area contributed by atoms with Crippen LogP contribution in [0.4, 0.5) is 0 Å². The molecule has 0 aliphatic heterocycles. The van der Waals surface area contributed by atoms with Crippen molar-refractivity contribution in [1.82, 2.24) is 9.88 Å². The molecule has 1 atom stereocenters. The van der Waals surface area contributed by atoms with E-state index in [4.69, 9.17) is 0 Å². The van der Waals surface area contributed by atoms with E-state index in [0.717, 1.165) is 30.4 Å². The highest BCUT2D eigenvalue weighted by molar-refractivity contribution is 7.07. The molecule has 4 heteroatoms. The van der Waals surface area contributed by atoms with Crippen molar-refractivity contribution in [1.29, 1.82) is 0 Å². The maximum Gasteiger partial charge on any atom is 0.0702 e. The van der Waals surface area contributed by atoms with E-state index >= 15 is 0 Å². The zero-order valence-electron chi connectivity index (χ0n) is 13.4. The van der Waals surface area contributed by atoms with Crippen LogP contribution in [-0.2, 0) is 13.1 Å². The summed E-state index contributed by atoms with van der Waals surface area (Å²) in [4.78, 5) is 6.90. The van der Waals surface area contributed by atoms with Gasteiger partial charge in [-0.05, 0) is 46.5 Å². The van der Waals surface area contributed by atoms with Gasteiger partial charge in [-0.3, -0.25) is 9.88 Å². The largest absolute Gasteiger partial charge is 0.395 e. The highest BCUT2D eigenvalue weighted by atomic mass is 32.1. The van der Waals surface area contributed by atoms with Crippen molar-refractivity contribution in [2.75, 3.05) is 6.61 Å². The number of benzene rings is 1. The number of nitrogens with zero attached hydrogens (tertiary/aromatic N) is 2. The lowest BCUT2D eigenvalue weighted by Gasteiger charge is -2.29. The molecule has 2 heterocycles. The van der Waals surface area contributed by atoms with E-state index in [9.17, 15) is 5.11 Å². The van der Waals surface area contributed by atoms with E-state index in [2.05, 4.69) is 45.8 Å². The van der Waals surface area contributed by atoms with E-state index in [1.54, 1.807) is 11.3 Å². The molecular weight excluding hydrogens is 304 g/mol. The topological polar surface area (TPSA) is 36.4 Å². The standard InChI is InChI=1S/C19H22N2OS/c1-2-18(13-22)21(11-15-7-8-23-14-15)12-16-9-17-5-3-4-6-19(17)20-10-16/h3-10,14,18,22H,2,11-13H2,1H3. The molecule has 3 nitrogen and oxygen atoms in total. The zero-order valence-corrected chi connectivity index (χ0v) is 14.2. The molecule has 3 aromatic rings. The normalized spacial score (nSPS) is 12.8. The van der Waals surface area contributed by atoms with Crippen molar-refractivity contribution in [3.05, 3.63) is 64.5 Å². The van der Waals surface area contributed by atoms with Crippen LogP contribution in [0.25, 0.3) is 10.9 Å². The SMILES string of the molecule is CCC(CO)N(Cc1ccsc1)Cc1cnc2ccccc2c1. The Balaban J connectivity index is 1.83. The minimum absolute atomic E-state index is 0.168. The van der Waals surface area contributed by atoms with E-state index in [-0.39, 0.29) is 12.6 Å². The Morgan fingerprint density at radius 1 is 1.17 bits per heavy atom. The monoisotopic (exact) mass is 326 g/mol. The third kappa shape index (κ3) is 3.96. The van der Waals surface area contributed by atoms with Crippen molar-refractivity contribution >= 4 is 22.2 Å². The predicted molar refractivity (Wildman–Crippen MR) is 96.5 cm³/mol. The van der Waals surface area contributed by atoms with E-state index in [1.807, 2.05) is 24.4 Å². The van der Waals surface area contributed by atoms with Gasteiger partial charge in [0.25, 0.3) is 0 Å². The number of para-hydroxylation sites is 1. The molecule has 0 aliphatic carbocycles. The molecule has 2 aromatic heterocycles. The number of aromatic nitrogens is 1. The third-order valence-electron chi connectivity index (χ3n) is 4.20. The van der Waals surface area contributed by atoms with Crippen LogP contribution in [0.1, 0.15) is 24.5 Å². The number of hydrogen-bond donors (Lipinski definition) is 1. The summed E-state index contributed by atoms with van der Waals surface area (Å²) in [5.74, 6) is 0. The van der Waals surface area contributed by atoms with E-state index in [1.165, 1.54) is 11.1 Å². The van der Waals surface area contributed by atoms with Gasteiger partial charge in [-0.15, -0.1) is 0 Å². The summed E-state index contributed by atoms with van der Waals surface area (Å²) in [6.45, 7) is 3.96. The van der Waals surface area contributed by atoms with Crippen molar-refractivity contribution in [2.24, 2.45) is 0 Å². The third-order valence-corrected chi connectivity index (χ3v) is 4.93. The van der Waals surface area contributed by atoms with Crippen LogP contribution in [-0.4, -0.2) is 27.6 Å². The first-order valence-electron chi connectivity index (χ1n) is 7.99. The molecule has 0 aliphatic rings. The summed E-state index contributed by atoms with van der Waals surface area (Å²) in [6, 6.07) is 12.7. The first-order chi connectivity index (χ1) is 11.3. The Hall–Kier alpha value is -1.75. The Labute approximate surface area is 141 Å². The molecule has 0 bridgehead atoms. The summed E-state index contributed by atoms with van der Waals surface area (Å²) in [5.41, 5.74) is 3.51. The second-order valence-electron chi connectivity index (χ2n) is 5.82. The molecule has 1 unspecified atom stereocenters. The molecule has 0 radical (unpaired) electrons. The molecule has 23 heavy (non-hydrogen) atoms. The Morgan fingerprint density at radius 2 is 2.00 bits per heavy atom. The van der Waals surface area contributed by atoms with Crippen LogP contribution < -0.4 is 0 Å². The van der Waals surface area contributed by atoms with Gasteiger partial charge in [0.05, 0.1) is 12.1 Å². The molecular formula is C19H22N2OS. The summed E-state index contributed by atoms with van der Waals surface area (Å²) in [6.07, 6.45) is 2.88. The first-order valence-corrected chi connectivity index (χ1v) is 8.94. The lowest BCUT2D eigenvalue weighted by molar-refractivity contribution is 0.107. The van der Waals surface area contributed by atoms with Crippen LogP contribution in [0.3, 0.4) is 0 Å². The van der Waals surface area contributed by atoms with Gasteiger partial charge in [0, 0.05) is 30.7 Å². The second kappa shape index (κ2) is 7.68. The molecule has 120 valence electrons. The maximum atomic E-state index is 9.72. The number of aliphatic hydroxyl groups is 1. The fourth-order valence-corrected chi connectivity index (χ4v) is 3.53. The zero-order chi connectivity index (χ0) is 16.1. The summed E-state index contributed by atoms with van der Waals surface area (Å²) in [5, 5.41) is 15.2. The Bertz CT molecular complexity index is 738. The van der Waals surface area contributed by atoms with Gasteiger partial charge in [0.15, 0.2) is 0 Å². The predicted octanol–water partition coefficient (Wildman–Crippen LogP) is 4.07. The fourth-order valence-electron chi connectivity index (χ4n) is 2.87. The quantitative estimate of drug-likeness (QED) is 0.711. The smallest absolute Gasteiger partial charge is 0.0702 e. The van der Waals surface area contributed by atoms with Gasteiger partial charge < -0.3 is 5.11 Å². The molecule has 0 spiro atoms. The van der Waals surface area contributed by atoms with Gasteiger partial charge in [0.1, 0.15) is 0 Å². The Kier molecular flexibility index (Phi) is 5.39. The molecule has 0 saturated heterocycles. The molecule has 1 N–H and O–H groups in total. The molecule has 1 aromatic carbocycles. The highest BCUT2D eigenvalue weighted by Crippen LogP contribution is 2.19. The number of thiophene rings is 1. The van der Waals surface area contributed by atoms with Crippen LogP contribution in [0.5, 0.6) is 0 Å². The fraction of sp³-hybridized carbons (Fsp3) is 0.316. The van der Waals surface area contributed by atoms with Gasteiger partial charge in [-0.2, -0.15) is 11.3 Å². The van der Waals surface area contributed by atoms with Gasteiger partial charge >= 0.3 is 0 Å². The van der Waals surface area contributed by atoms with Crippen molar-refractivity contribution in [3.63, 3.8) is 0 Å². The first kappa shape index (κ1) is 16.1. The van der Waals surface area contributed by atoms with Gasteiger partial charge in [-0.25, -0.2) is 0 Å². The number of pyridine rings is 1. The molecule has 0 saturated carbocycles. The van der Waals surface area contributed by atoms with Crippen molar-refractivity contribution < 1.29 is 5.11 Å². The van der Waals surface area contributed by atoms with Gasteiger partial charge in [-0.1, -0.05) is 25.1 Å². The minimum Gasteiger partial charge on any atom is -0.395 e. The minimum atomic E-state index is 0.168. The Morgan fingerprint density at radius 3 is 2.74 bits per heavy atom. The van der Waals surface area contributed by atoms with Crippen LogP contribution in [0.15, 0.2) is 53.4 Å². The van der Waals surface area contributed by atoms with Crippen molar-refractivity contribution in [3.8, 4) is 0 Å². The average Bonchev–Trinajstić information content (AvgIpc) is 3.09. The van der Waals surface area contributed by atoms with E-state index < -0.39 is 0 Å². The lowest BCUT2D eigenvalue weighted by Crippen LogP contribution is -2.36. The van der Waals surface area contributed by atoms with Crippen LogP contribution in [0, 0.1) is 0 Å². The second-order valence-corrected chi connectivity index (χ2v) is 6.60. The highest BCUT2D eigenvalue weighted by Gasteiger charge is 2.17. The molecule has 0 fully saturated rings. The average molecular weight is 326 g/mol. The molecule has 3 rings (SSSR count). The van der Waals surface area contributed by atoms with E-state index in [0.29, 0.717) is 0 Å². The summed E-state index contributed by atoms with van der Waals surface area (Å²) in [7, 11) is 0. The van der Waals surface area contributed by atoms with Crippen molar-refractivity contribution in [2.45, 2.75) is 32.5 Å². The van der Waals surface area contributed by atoms with Crippen LogP contribution in [0.2, 0.25) is 0 Å². The lowest BCUT2D eigenvalue weighted by atomic mass is 10.1. The van der Waals surface area contributed by atoms with Gasteiger partial charge in [0.2, 0.25) is 0 Å².